The van der Waals surface area contributed by atoms with Crippen molar-refractivity contribution in [2.45, 2.75) is 19.1 Å². The van der Waals surface area contributed by atoms with Crippen LogP contribution in [0.3, 0.4) is 0 Å². The zero-order valence-corrected chi connectivity index (χ0v) is 20.2. The number of halogens is 2. The molecule has 2 heterocycles. The molecule has 0 saturated carbocycles. The van der Waals surface area contributed by atoms with Gasteiger partial charge in [0.25, 0.3) is 5.56 Å². The third-order valence-electron chi connectivity index (χ3n) is 6.76. The fourth-order valence-electron chi connectivity index (χ4n) is 4.94. The molecular formula is C28H27F2N5O2. The van der Waals surface area contributed by atoms with E-state index in [1.807, 2.05) is 6.07 Å². The summed E-state index contributed by atoms with van der Waals surface area (Å²) in [6, 6.07) is 19.7. The standard InChI is InChI=1S/C28H27F2N5O2/c29-21-9-5-19(6-10-21)27(20-7-11-22(30)12-8-20)34-15-13-33(14-16-34)18-26-32-24-4-2-1-3-23(24)28(37)35(26)17-25(31)36/h1-12,27H,13-18H2,(H2,31,36). The fraction of sp³-hybridized carbons (Fsp3) is 0.250. The number of aromatic nitrogens is 2. The number of carbonyl (C=O) groups excluding carboxylic acids is 1. The van der Waals surface area contributed by atoms with Gasteiger partial charge in [0, 0.05) is 26.2 Å². The molecular weight excluding hydrogens is 476 g/mol. The topological polar surface area (TPSA) is 84.5 Å². The quantitative estimate of drug-likeness (QED) is 0.419. The van der Waals surface area contributed by atoms with Gasteiger partial charge in [0.1, 0.15) is 24.0 Å². The van der Waals surface area contributed by atoms with E-state index in [0.29, 0.717) is 49.5 Å². The van der Waals surface area contributed by atoms with Crippen molar-refractivity contribution in [2.24, 2.45) is 5.73 Å². The van der Waals surface area contributed by atoms with Crippen molar-refractivity contribution >= 4 is 16.8 Å². The highest BCUT2D eigenvalue weighted by atomic mass is 19.1. The van der Waals surface area contributed by atoms with E-state index >= 15 is 0 Å². The predicted octanol–water partition coefficient (Wildman–Crippen LogP) is 3.07. The van der Waals surface area contributed by atoms with Crippen LogP contribution < -0.4 is 11.3 Å². The molecule has 5 rings (SSSR count). The van der Waals surface area contributed by atoms with Crippen LogP contribution in [0.25, 0.3) is 10.9 Å². The van der Waals surface area contributed by atoms with Gasteiger partial charge in [-0.3, -0.25) is 24.0 Å². The monoisotopic (exact) mass is 503 g/mol. The van der Waals surface area contributed by atoms with Gasteiger partial charge in [-0.25, -0.2) is 13.8 Å². The van der Waals surface area contributed by atoms with E-state index in [1.165, 1.54) is 28.8 Å². The Bertz CT molecular complexity index is 1420. The highest BCUT2D eigenvalue weighted by Gasteiger charge is 2.27. The van der Waals surface area contributed by atoms with Crippen molar-refractivity contribution in [3.8, 4) is 0 Å². The van der Waals surface area contributed by atoms with Gasteiger partial charge in [0.15, 0.2) is 0 Å². The van der Waals surface area contributed by atoms with Gasteiger partial charge in [-0.1, -0.05) is 36.4 Å². The second-order valence-electron chi connectivity index (χ2n) is 9.22. The molecule has 190 valence electrons. The van der Waals surface area contributed by atoms with E-state index in [-0.39, 0.29) is 29.8 Å². The molecule has 1 saturated heterocycles. The number of rotatable bonds is 7. The summed E-state index contributed by atoms with van der Waals surface area (Å²) in [5.41, 5.74) is 7.57. The summed E-state index contributed by atoms with van der Waals surface area (Å²) in [7, 11) is 0. The van der Waals surface area contributed by atoms with E-state index < -0.39 is 5.91 Å². The van der Waals surface area contributed by atoms with Gasteiger partial charge in [0.05, 0.1) is 23.5 Å². The highest BCUT2D eigenvalue weighted by molar-refractivity contribution is 5.78. The molecule has 0 bridgehead atoms. The van der Waals surface area contributed by atoms with Crippen LogP contribution in [0.1, 0.15) is 23.0 Å². The molecule has 9 heteroatoms. The largest absolute Gasteiger partial charge is 0.368 e. The van der Waals surface area contributed by atoms with Crippen LogP contribution in [-0.2, 0) is 17.9 Å². The van der Waals surface area contributed by atoms with Crippen LogP contribution >= 0.6 is 0 Å². The predicted molar refractivity (Wildman–Crippen MR) is 137 cm³/mol. The number of benzene rings is 3. The summed E-state index contributed by atoms with van der Waals surface area (Å²) in [6.07, 6.45) is 0. The maximum Gasteiger partial charge on any atom is 0.261 e. The number of hydrogen-bond donors (Lipinski definition) is 1. The van der Waals surface area contributed by atoms with E-state index in [0.717, 1.165) is 11.1 Å². The Balaban J connectivity index is 1.38. The number of hydrogen-bond acceptors (Lipinski definition) is 5. The number of amides is 1. The van der Waals surface area contributed by atoms with E-state index in [9.17, 15) is 18.4 Å². The van der Waals surface area contributed by atoms with Gasteiger partial charge < -0.3 is 5.73 Å². The zero-order valence-electron chi connectivity index (χ0n) is 20.2. The lowest BCUT2D eigenvalue weighted by Gasteiger charge is -2.39. The average Bonchev–Trinajstić information content (AvgIpc) is 2.89. The Kier molecular flexibility index (Phi) is 7.07. The third kappa shape index (κ3) is 5.42. The van der Waals surface area contributed by atoms with Crippen molar-refractivity contribution in [2.75, 3.05) is 26.2 Å². The second kappa shape index (κ2) is 10.6. The third-order valence-corrected chi connectivity index (χ3v) is 6.76. The summed E-state index contributed by atoms with van der Waals surface area (Å²) in [5.74, 6) is -0.733. The van der Waals surface area contributed by atoms with Crippen LogP contribution in [0.2, 0.25) is 0 Å². The van der Waals surface area contributed by atoms with Crippen molar-refractivity contribution in [3.05, 3.63) is 112 Å². The molecule has 3 aromatic carbocycles. The van der Waals surface area contributed by atoms with Crippen molar-refractivity contribution < 1.29 is 13.6 Å². The Morgan fingerprint density at radius 1 is 0.865 bits per heavy atom. The summed E-state index contributed by atoms with van der Waals surface area (Å²) in [6.45, 7) is 2.89. The number of fused-ring (bicyclic) bond motifs is 1. The highest BCUT2D eigenvalue weighted by Crippen LogP contribution is 2.30. The van der Waals surface area contributed by atoms with Gasteiger partial charge in [-0.05, 0) is 47.5 Å². The normalized spacial score (nSPS) is 14.9. The van der Waals surface area contributed by atoms with Gasteiger partial charge >= 0.3 is 0 Å². The smallest absolute Gasteiger partial charge is 0.261 e. The van der Waals surface area contributed by atoms with Gasteiger partial charge in [-0.2, -0.15) is 0 Å². The van der Waals surface area contributed by atoms with E-state index in [1.54, 1.807) is 42.5 Å². The van der Waals surface area contributed by atoms with Crippen LogP contribution in [0.5, 0.6) is 0 Å². The summed E-state index contributed by atoms with van der Waals surface area (Å²) < 4.78 is 28.6. The summed E-state index contributed by atoms with van der Waals surface area (Å²) in [5, 5.41) is 0.443. The molecule has 0 atom stereocenters. The molecule has 1 amide bonds. The molecule has 7 nitrogen and oxygen atoms in total. The van der Waals surface area contributed by atoms with Crippen LogP contribution in [0.4, 0.5) is 8.78 Å². The molecule has 1 fully saturated rings. The first-order chi connectivity index (χ1) is 17.9. The van der Waals surface area contributed by atoms with Crippen LogP contribution in [0.15, 0.2) is 77.6 Å². The summed E-state index contributed by atoms with van der Waals surface area (Å²) in [4.78, 5) is 33.9. The lowest BCUT2D eigenvalue weighted by molar-refractivity contribution is -0.118. The number of nitrogens with zero attached hydrogens (tertiary/aromatic N) is 4. The SMILES string of the molecule is NC(=O)Cn1c(CN2CCN(C(c3ccc(F)cc3)c3ccc(F)cc3)CC2)nc2ccccc2c1=O. The Morgan fingerprint density at radius 2 is 1.43 bits per heavy atom. The molecule has 1 aliphatic heterocycles. The first-order valence-electron chi connectivity index (χ1n) is 12.1. The van der Waals surface area contributed by atoms with Crippen molar-refractivity contribution in [1.82, 2.24) is 19.4 Å². The number of primary amides is 1. The Morgan fingerprint density at radius 3 is 2.00 bits per heavy atom. The molecule has 37 heavy (non-hydrogen) atoms. The van der Waals surface area contributed by atoms with Gasteiger partial charge in [-0.15, -0.1) is 0 Å². The molecule has 0 radical (unpaired) electrons. The molecule has 0 unspecified atom stereocenters. The molecule has 4 aromatic rings. The minimum absolute atomic E-state index is 0.157. The van der Waals surface area contributed by atoms with Crippen LogP contribution in [-0.4, -0.2) is 51.4 Å². The van der Waals surface area contributed by atoms with Crippen LogP contribution in [0, 0.1) is 11.6 Å². The number of piperazine rings is 1. The maximum atomic E-state index is 13.6. The number of para-hydroxylation sites is 1. The van der Waals surface area contributed by atoms with E-state index in [2.05, 4.69) is 14.8 Å². The fourth-order valence-corrected chi connectivity index (χ4v) is 4.94. The molecule has 0 aliphatic carbocycles. The molecule has 1 aliphatic rings. The minimum Gasteiger partial charge on any atom is -0.368 e. The molecule has 0 spiro atoms. The Labute approximate surface area is 212 Å². The lowest BCUT2D eigenvalue weighted by Crippen LogP contribution is -2.48. The van der Waals surface area contributed by atoms with Crippen molar-refractivity contribution in [1.29, 1.82) is 0 Å². The summed E-state index contributed by atoms with van der Waals surface area (Å²) >= 11 is 0. The zero-order chi connectivity index (χ0) is 25.9. The second-order valence-corrected chi connectivity index (χ2v) is 9.22. The van der Waals surface area contributed by atoms with Crippen molar-refractivity contribution in [3.63, 3.8) is 0 Å². The molecule has 2 N–H and O–H groups in total. The van der Waals surface area contributed by atoms with E-state index in [4.69, 9.17) is 5.73 Å². The number of nitrogens with two attached hydrogens (primary N) is 1. The Hall–Kier alpha value is -3.95. The first kappa shape index (κ1) is 24.7. The minimum atomic E-state index is -0.605. The number of carbonyl (C=O) groups is 1. The van der Waals surface area contributed by atoms with Gasteiger partial charge in [0.2, 0.25) is 5.91 Å². The molecule has 1 aromatic heterocycles. The lowest BCUT2D eigenvalue weighted by atomic mass is 9.96. The maximum absolute atomic E-state index is 13.6. The average molecular weight is 504 g/mol. The first-order valence-corrected chi connectivity index (χ1v) is 12.1.